The number of benzene rings is 2. The Balaban J connectivity index is 2.11. The molecular weight excluding hydrogens is 336 g/mol. The smallest absolute Gasteiger partial charge is 0.162 e. The van der Waals surface area contributed by atoms with Crippen LogP contribution >= 0.6 is 15.9 Å². The van der Waals surface area contributed by atoms with Crippen molar-refractivity contribution >= 4 is 15.9 Å². The number of hydrogen-bond donors (Lipinski definition) is 1. The summed E-state index contributed by atoms with van der Waals surface area (Å²) in [6.07, 6.45) is 1.24. The van der Waals surface area contributed by atoms with Gasteiger partial charge in [-0.1, -0.05) is 47.1 Å². The molecule has 21 heavy (non-hydrogen) atoms. The molecule has 0 aromatic heterocycles. The SMILES string of the molecule is CCNC(Cc1ccc(Br)cc1)Cc1cccc(F)c1F. The molecular formula is C17H18BrF2N. The molecule has 0 saturated heterocycles. The highest BCUT2D eigenvalue weighted by atomic mass is 79.9. The van der Waals surface area contributed by atoms with Crippen molar-refractivity contribution in [1.29, 1.82) is 0 Å². The van der Waals surface area contributed by atoms with Gasteiger partial charge in [-0.15, -0.1) is 0 Å². The van der Waals surface area contributed by atoms with Gasteiger partial charge in [-0.3, -0.25) is 0 Å². The maximum absolute atomic E-state index is 13.8. The molecule has 0 aliphatic rings. The molecule has 0 saturated carbocycles. The van der Waals surface area contributed by atoms with Crippen molar-refractivity contribution in [2.75, 3.05) is 6.54 Å². The number of likely N-dealkylation sites (N-methyl/N-ethyl adjacent to an activating group) is 1. The first-order valence-electron chi connectivity index (χ1n) is 7.01. The van der Waals surface area contributed by atoms with Crippen molar-refractivity contribution in [3.05, 3.63) is 69.7 Å². The normalized spacial score (nSPS) is 12.4. The topological polar surface area (TPSA) is 12.0 Å². The minimum Gasteiger partial charge on any atom is -0.314 e. The van der Waals surface area contributed by atoms with Gasteiger partial charge >= 0.3 is 0 Å². The van der Waals surface area contributed by atoms with Crippen LogP contribution in [0.3, 0.4) is 0 Å². The van der Waals surface area contributed by atoms with Gasteiger partial charge in [0.05, 0.1) is 0 Å². The summed E-state index contributed by atoms with van der Waals surface area (Å²) >= 11 is 3.41. The molecule has 112 valence electrons. The molecule has 1 atom stereocenters. The predicted molar refractivity (Wildman–Crippen MR) is 85.4 cm³/mol. The monoisotopic (exact) mass is 353 g/mol. The highest BCUT2D eigenvalue weighted by Gasteiger charge is 2.14. The summed E-state index contributed by atoms with van der Waals surface area (Å²) in [7, 11) is 0. The van der Waals surface area contributed by atoms with Crippen LogP contribution < -0.4 is 5.32 Å². The van der Waals surface area contributed by atoms with Crippen LogP contribution in [-0.4, -0.2) is 12.6 Å². The van der Waals surface area contributed by atoms with Gasteiger partial charge in [0.2, 0.25) is 0 Å². The molecule has 1 nitrogen and oxygen atoms in total. The van der Waals surface area contributed by atoms with E-state index in [4.69, 9.17) is 0 Å². The lowest BCUT2D eigenvalue weighted by atomic mass is 9.98. The van der Waals surface area contributed by atoms with Crippen molar-refractivity contribution in [2.45, 2.75) is 25.8 Å². The highest BCUT2D eigenvalue weighted by molar-refractivity contribution is 9.10. The van der Waals surface area contributed by atoms with Gasteiger partial charge in [0.25, 0.3) is 0 Å². The Morgan fingerprint density at radius 2 is 1.76 bits per heavy atom. The van der Waals surface area contributed by atoms with E-state index in [0.717, 1.165) is 23.5 Å². The second-order valence-electron chi connectivity index (χ2n) is 5.00. The van der Waals surface area contributed by atoms with Gasteiger partial charge in [0, 0.05) is 10.5 Å². The Morgan fingerprint density at radius 1 is 1.05 bits per heavy atom. The van der Waals surface area contributed by atoms with Crippen LogP contribution in [0.15, 0.2) is 46.9 Å². The average Bonchev–Trinajstić information content (AvgIpc) is 2.46. The number of hydrogen-bond acceptors (Lipinski definition) is 1. The van der Waals surface area contributed by atoms with E-state index in [-0.39, 0.29) is 6.04 Å². The molecule has 0 fully saturated rings. The van der Waals surface area contributed by atoms with Crippen molar-refractivity contribution in [1.82, 2.24) is 5.32 Å². The zero-order chi connectivity index (χ0) is 15.2. The standard InChI is InChI=1S/C17H18BrF2N/c1-2-21-15(10-12-6-8-14(18)9-7-12)11-13-4-3-5-16(19)17(13)20/h3-9,15,21H,2,10-11H2,1H3. The van der Waals surface area contributed by atoms with E-state index in [2.05, 4.69) is 21.2 Å². The molecule has 2 rings (SSSR count). The first-order valence-corrected chi connectivity index (χ1v) is 7.80. The van der Waals surface area contributed by atoms with E-state index >= 15 is 0 Å². The van der Waals surface area contributed by atoms with Crippen LogP contribution in [0.5, 0.6) is 0 Å². The minimum absolute atomic E-state index is 0.0764. The van der Waals surface area contributed by atoms with Crippen LogP contribution in [-0.2, 0) is 12.8 Å². The maximum atomic E-state index is 13.8. The van der Waals surface area contributed by atoms with Crippen LogP contribution in [0.1, 0.15) is 18.1 Å². The number of rotatable bonds is 6. The van der Waals surface area contributed by atoms with Gasteiger partial charge in [-0.25, -0.2) is 8.78 Å². The second kappa shape index (κ2) is 7.66. The van der Waals surface area contributed by atoms with E-state index in [1.807, 2.05) is 31.2 Å². The third-order valence-electron chi connectivity index (χ3n) is 3.39. The lowest BCUT2D eigenvalue weighted by molar-refractivity contribution is 0.474. The largest absolute Gasteiger partial charge is 0.314 e. The Hall–Kier alpha value is -1.26. The summed E-state index contributed by atoms with van der Waals surface area (Å²) in [6.45, 7) is 2.80. The molecule has 1 N–H and O–H groups in total. The minimum atomic E-state index is -0.786. The molecule has 0 amide bonds. The van der Waals surface area contributed by atoms with Crippen molar-refractivity contribution < 1.29 is 8.78 Å². The third kappa shape index (κ3) is 4.61. The van der Waals surface area contributed by atoms with E-state index in [9.17, 15) is 8.78 Å². The second-order valence-corrected chi connectivity index (χ2v) is 5.92. The van der Waals surface area contributed by atoms with Crippen LogP contribution in [0.2, 0.25) is 0 Å². The van der Waals surface area contributed by atoms with Crippen molar-refractivity contribution in [2.24, 2.45) is 0 Å². The fraction of sp³-hybridized carbons (Fsp3) is 0.294. The van der Waals surface area contributed by atoms with E-state index in [1.54, 1.807) is 12.1 Å². The fourth-order valence-corrected chi connectivity index (χ4v) is 2.65. The molecule has 4 heteroatoms. The molecule has 0 aliphatic carbocycles. The molecule has 2 aromatic rings. The molecule has 2 aromatic carbocycles. The summed E-state index contributed by atoms with van der Waals surface area (Å²) in [5, 5.41) is 3.34. The fourth-order valence-electron chi connectivity index (χ4n) is 2.38. The molecule has 0 spiro atoms. The van der Waals surface area contributed by atoms with E-state index < -0.39 is 11.6 Å². The third-order valence-corrected chi connectivity index (χ3v) is 3.91. The summed E-state index contributed by atoms with van der Waals surface area (Å²) in [6, 6.07) is 12.5. The van der Waals surface area contributed by atoms with Gasteiger partial charge in [-0.05, 0) is 48.7 Å². The highest BCUT2D eigenvalue weighted by Crippen LogP contribution is 2.16. The quantitative estimate of drug-likeness (QED) is 0.806. The average molecular weight is 354 g/mol. The Bertz CT molecular complexity index is 584. The zero-order valence-electron chi connectivity index (χ0n) is 11.9. The first-order chi connectivity index (χ1) is 10.1. The van der Waals surface area contributed by atoms with Gasteiger partial charge < -0.3 is 5.32 Å². The van der Waals surface area contributed by atoms with Crippen LogP contribution in [0.25, 0.3) is 0 Å². The molecule has 0 radical (unpaired) electrons. The van der Waals surface area contributed by atoms with Gasteiger partial charge in [0.1, 0.15) is 0 Å². The summed E-state index contributed by atoms with van der Waals surface area (Å²) < 4.78 is 28.1. The molecule has 1 unspecified atom stereocenters. The molecule has 0 heterocycles. The lowest BCUT2D eigenvalue weighted by Gasteiger charge is -2.18. The Labute approximate surface area is 132 Å². The van der Waals surface area contributed by atoms with E-state index in [1.165, 1.54) is 5.56 Å². The summed E-state index contributed by atoms with van der Waals surface area (Å²) in [5.41, 5.74) is 1.58. The number of halogens is 3. The van der Waals surface area contributed by atoms with Gasteiger partial charge in [-0.2, -0.15) is 0 Å². The zero-order valence-corrected chi connectivity index (χ0v) is 13.5. The lowest BCUT2D eigenvalue weighted by Crippen LogP contribution is -2.33. The first kappa shape index (κ1) is 16.1. The van der Waals surface area contributed by atoms with Crippen LogP contribution in [0.4, 0.5) is 8.78 Å². The predicted octanol–water partition coefficient (Wildman–Crippen LogP) is 4.49. The van der Waals surface area contributed by atoms with Crippen molar-refractivity contribution in [3.63, 3.8) is 0 Å². The van der Waals surface area contributed by atoms with Crippen molar-refractivity contribution in [3.8, 4) is 0 Å². The summed E-state index contributed by atoms with van der Waals surface area (Å²) in [4.78, 5) is 0. The van der Waals surface area contributed by atoms with E-state index in [0.29, 0.717) is 12.0 Å². The molecule has 0 bridgehead atoms. The summed E-state index contributed by atoms with van der Waals surface area (Å²) in [5.74, 6) is -1.53. The number of nitrogens with one attached hydrogen (secondary N) is 1. The Kier molecular flexibility index (Phi) is 5.88. The van der Waals surface area contributed by atoms with Gasteiger partial charge in [0.15, 0.2) is 11.6 Å². The molecule has 0 aliphatic heterocycles. The van der Waals surface area contributed by atoms with Crippen LogP contribution in [0, 0.1) is 11.6 Å². The maximum Gasteiger partial charge on any atom is 0.162 e. The Morgan fingerprint density at radius 3 is 2.43 bits per heavy atom.